The second-order valence-electron chi connectivity index (χ2n) is 1.34. The summed E-state index contributed by atoms with van der Waals surface area (Å²) in [5, 5.41) is 0. The first-order chi connectivity index (χ1) is 6.00. The second kappa shape index (κ2) is 15.0. The normalized spacial score (nSPS) is 9.67. The summed E-state index contributed by atoms with van der Waals surface area (Å²) in [6.07, 6.45) is 0. The van der Waals surface area contributed by atoms with Gasteiger partial charge in [0, 0.05) is 34.1 Å². The summed E-state index contributed by atoms with van der Waals surface area (Å²) in [7, 11) is -14.0. The molecule has 0 spiro atoms. The van der Waals surface area contributed by atoms with E-state index in [-0.39, 0.29) is 61.4 Å². The standard InChI is InChI=1S/2Fe.3H2O4S.Pb.2H/c;;3*1-5(2,3)4;;;/h;;3*(H2,1,2,3,4);;;. The van der Waals surface area contributed by atoms with Crippen LogP contribution in [0.25, 0.3) is 0 Å². The molecule has 0 aliphatic rings. The van der Waals surface area contributed by atoms with Crippen molar-refractivity contribution in [2.45, 2.75) is 0 Å². The molecule has 0 rings (SSSR count). The van der Waals surface area contributed by atoms with Crippen molar-refractivity contribution in [3.05, 3.63) is 0 Å². The summed E-state index contributed by atoms with van der Waals surface area (Å²) in [4.78, 5) is 0. The fourth-order valence-electron chi connectivity index (χ4n) is 0. The Hall–Kier alpha value is 1.57. The van der Waals surface area contributed by atoms with Crippen LogP contribution >= 0.6 is 0 Å². The Labute approximate surface area is 144 Å². The third kappa shape index (κ3) is 1950. The maximum absolute atomic E-state index is 8.74. The zero-order chi connectivity index (χ0) is 13.5. The molecule has 118 valence electrons. The van der Waals surface area contributed by atoms with Crippen molar-refractivity contribution in [3.63, 3.8) is 0 Å². The van der Waals surface area contributed by atoms with Crippen LogP contribution in [0.1, 0.15) is 0 Å². The Morgan fingerprint density at radius 2 is 0.444 bits per heavy atom. The first-order valence-corrected chi connectivity index (χ1v) is 6.29. The van der Waals surface area contributed by atoms with Gasteiger partial charge in [-0.25, -0.2) is 0 Å². The molecule has 0 amide bonds. The van der Waals surface area contributed by atoms with Gasteiger partial charge in [0.25, 0.3) is 0 Å². The maximum atomic E-state index is 8.74. The van der Waals surface area contributed by atoms with E-state index in [0.717, 1.165) is 0 Å². The summed E-state index contributed by atoms with van der Waals surface area (Å²) >= 11 is 0. The van der Waals surface area contributed by atoms with Crippen molar-refractivity contribution >= 4 is 58.5 Å². The molecule has 0 aromatic rings. The first kappa shape index (κ1) is 36.6. The summed E-state index contributed by atoms with van der Waals surface area (Å²) in [6.45, 7) is 0. The Morgan fingerprint density at radius 3 is 0.444 bits per heavy atom. The molecule has 6 N–H and O–H groups in total. The Balaban J connectivity index is -0.0000000277. The fourth-order valence-corrected chi connectivity index (χ4v) is 0. The molecule has 18 heavy (non-hydrogen) atoms. The van der Waals surface area contributed by atoms with E-state index in [0.29, 0.717) is 0 Å². The van der Waals surface area contributed by atoms with Crippen LogP contribution in [0.3, 0.4) is 0 Å². The molecule has 0 unspecified atom stereocenters. The van der Waals surface area contributed by atoms with Crippen molar-refractivity contribution in [2.75, 3.05) is 0 Å². The molecule has 0 atom stereocenters. The van der Waals surface area contributed by atoms with Crippen LogP contribution in [0, 0.1) is 0 Å². The van der Waals surface area contributed by atoms with Crippen LogP contribution in [0.4, 0.5) is 0 Å². The fraction of sp³-hybridized carbons (Fsp3) is 0. The monoisotopic (exact) mass is 616 g/mol. The van der Waals surface area contributed by atoms with Crippen LogP contribution in [0.5, 0.6) is 0 Å². The predicted molar refractivity (Wildman–Crippen MR) is 51.1 cm³/mol. The Bertz CT molecular complexity index is 346. The summed E-state index contributed by atoms with van der Waals surface area (Å²) < 4.78 is 94.8. The van der Waals surface area contributed by atoms with Crippen LogP contribution in [-0.4, -0.2) is 79.9 Å². The van der Waals surface area contributed by atoms with E-state index in [1.807, 2.05) is 0 Å². The zero-order valence-electron chi connectivity index (χ0n) is 7.77. The van der Waals surface area contributed by atoms with E-state index in [1.165, 1.54) is 0 Å². The van der Waals surface area contributed by atoms with Crippen molar-refractivity contribution in [2.24, 2.45) is 0 Å². The number of hydrogen-bond donors (Lipinski definition) is 6. The van der Waals surface area contributed by atoms with Gasteiger partial charge in [0.15, 0.2) is 0 Å². The van der Waals surface area contributed by atoms with Crippen molar-refractivity contribution < 1.29 is 86.7 Å². The Morgan fingerprint density at radius 1 is 0.444 bits per heavy atom. The van der Waals surface area contributed by atoms with Crippen LogP contribution in [-0.2, 0) is 65.3 Å². The van der Waals surface area contributed by atoms with Gasteiger partial charge in [0.2, 0.25) is 0 Å². The Kier molecular flexibility index (Phi) is 30.5. The molecule has 0 aromatic heterocycles. The molecule has 0 saturated carbocycles. The van der Waals surface area contributed by atoms with Crippen molar-refractivity contribution in [3.8, 4) is 0 Å². The molecule has 18 heteroatoms. The van der Waals surface area contributed by atoms with Gasteiger partial charge in [-0.05, 0) is 0 Å². The number of rotatable bonds is 0. The summed E-state index contributed by atoms with van der Waals surface area (Å²) in [6, 6.07) is 0. The molecule has 0 aliphatic heterocycles. The van der Waals surface area contributed by atoms with Crippen LogP contribution in [0.2, 0.25) is 0 Å². The van der Waals surface area contributed by atoms with Gasteiger partial charge in [0.05, 0.1) is 0 Å². The second-order valence-corrected chi connectivity index (χ2v) is 4.03. The predicted octanol–water partition coefficient (Wildman–Crippen LogP) is -2.88. The quantitative estimate of drug-likeness (QED) is 0.120. The SMILES string of the molecule is O=S(=O)(O)O.O=S(=O)(O)O.O=S(=O)(O)O.[Fe].[Fe].[PbH2]. The zero-order valence-corrected chi connectivity index (χ0v) is 17.9. The molecular formula is H8Fe2O12PbS3. The van der Waals surface area contributed by atoms with Gasteiger partial charge >= 0.3 is 58.5 Å². The van der Waals surface area contributed by atoms with Gasteiger partial charge < -0.3 is 0 Å². The minimum absolute atomic E-state index is 0. The molecule has 0 heterocycles. The van der Waals surface area contributed by atoms with E-state index in [2.05, 4.69) is 0 Å². The van der Waals surface area contributed by atoms with Crippen molar-refractivity contribution in [1.82, 2.24) is 0 Å². The third-order valence-electron chi connectivity index (χ3n) is 0. The van der Waals surface area contributed by atoms with Gasteiger partial charge in [-0.15, -0.1) is 0 Å². The van der Waals surface area contributed by atoms with Gasteiger partial charge in [0.1, 0.15) is 0 Å². The summed E-state index contributed by atoms with van der Waals surface area (Å²) in [5.74, 6) is 0. The summed E-state index contributed by atoms with van der Waals surface area (Å²) in [5.41, 5.74) is 0. The molecule has 0 aromatic carbocycles. The van der Waals surface area contributed by atoms with E-state index in [9.17, 15) is 0 Å². The molecule has 12 nitrogen and oxygen atoms in total. The van der Waals surface area contributed by atoms with E-state index in [4.69, 9.17) is 52.6 Å². The number of hydrogen-bond acceptors (Lipinski definition) is 6. The van der Waals surface area contributed by atoms with E-state index >= 15 is 0 Å². The van der Waals surface area contributed by atoms with E-state index in [1.54, 1.807) is 0 Å². The molecule has 0 fully saturated rings. The van der Waals surface area contributed by atoms with Gasteiger partial charge in [-0.2, -0.15) is 25.3 Å². The topological polar surface area (TPSA) is 224 Å². The first-order valence-electron chi connectivity index (χ1n) is 2.10. The van der Waals surface area contributed by atoms with Crippen LogP contribution in [0.15, 0.2) is 0 Å². The molecule has 2 radical (unpaired) electrons. The minimum atomic E-state index is -4.67. The van der Waals surface area contributed by atoms with Crippen molar-refractivity contribution in [1.29, 1.82) is 0 Å². The molecule has 0 aliphatic carbocycles. The average Bonchev–Trinajstić information content (AvgIpc) is 1.41. The van der Waals surface area contributed by atoms with E-state index < -0.39 is 31.2 Å². The molecule has 0 bridgehead atoms. The third-order valence-corrected chi connectivity index (χ3v) is 0. The van der Waals surface area contributed by atoms with Gasteiger partial charge in [-0.1, -0.05) is 0 Å². The van der Waals surface area contributed by atoms with Crippen LogP contribution < -0.4 is 0 Å². The molecular weight excluding hydrogens is 607 g/mol. The van der Waals surface area contributed by atoms with Gasteiger partial charge in [-0.3, -0.25) is 27.3 Å². The molecule has 0 saturated heterocycles. The average molecular weight is 615 g/mol.